The Morgan fingerprint density at radius 1 is 1.31 bits per heavy atom. The first-order valence-electron chi connectivity index (χ1n) is 9.51. The molecule has 0 unspecified atom stereocenters. The number of hydrogen-bond donors (Lipinski definition) is 2. The second-order valence-corrected chi connectivity index (χ2v) is 6.80. The SMILES string of the molecule is CCNC(=NCc1ccc(-n2ccnc2C)c(F)c1)NC1CCCCC1. The average molecular weight is 357 g/mol. The maximum absolute atomic E-state index is 14.5. The molecule has 5 nitrogen and oxygen atoms in total. The lowest BCUT2D eigenvalue weighted by atomic mass is 9.96. The molecule has 3 rings (SSSR count). The van der Waals surface area contributed by atoms with E-state index in [1.54, 1.807) is 29.1 Å². The molecular formula is C20H28FN5. The lowest BCUT2D eigenvalue weighted by Gasteiger charge is -2.24. The van der Waals surface area contributed by atoms with Crippen LogP contribution >= 0.6 is 0 Å². The minimum atomic E-state index is -0.260. The standard InChI is InChI=1S/C20H28FN5/c1-3-22-20(25-17-7-5-4-6-8-17)24-14-16-9-10-19(18(21)13-16)26-12-11-23-15(26)2/h9-13,17H,3-8,14H2,1-2H3,(H2,22,24,25). The fourth-order valence-corrected chi connectivity index (χ4v) is 3.41. The fraction of sp³-hybridized carbons (Fsp3) is 0.500. The molecule has 140 valence electrons. The van der Waals surface area contributed by atoms with Gasteiger partial charge in [-0.3, -0.25) is 0 Å². The predicted octanol–water partition coefficient (Wildman–Crippen LogP) is 3.71. The summed E-state index contributed by atoms with van der Waals surface area (Å²) in [6, 6.07) is 5.76. The van der Waals surface area contributed by atoms with Crippen LogP contribution in [0.15, 0.2) is 35.6 Å². The third-order valence-electron chi connectivity index (χ3n) is 4.81. The van der Waals surface area contributed by atoms with Crippen LogP contribution in [-0.4, -0.2) is 28.1 Å². The van der Waals surface area contributed by atoms with Crippen LogP contribution in [0.1, 0.15) is 50.4 Å². The second kappa shape index (κ2) is 8.83. The second-order valence-electron chi connectivity index (χ2n) is 6.80. The molecule has 1 aliphatic rings. The van der Waals surface area contributed by atoms with Crippen molar-refractivity contribution < 1.29 is 4.39 Å². The number of guanidine groups is 1. The van der Waals surface area contributed by atoms with Gasteiger partial charge in [-0.1, -0.05) is 25.3 Å². The first-order chi connectivity index (χ1) is 12.7. The molecule has 2 aromatic rings. The van der Waals surface area contributed by atoms with E-state index in [4.69, 9.17) is 0 Å². The summed E-state index contributed by atoms with van der Waals surface area (Å²) >= 11 is 0. The Morgan fingerprint density at radius 3 is 2.77 bits per heavy atom. The number of benzene rings is 1. The van der Waals surface area contributed by atoms with Crippen LogP contribution in [0.25, 0.3) is 5.69 Å². The molecule has 0 radical (unpaired) electrons. The molecule has 0 spiro atoms. The number of aryl methyl sites for hydroxylation is 1. The van der Waals surface area contributed by atoms with E-state index in [1.165, 1.54) is 32.1 Å². The van der Waals surface area contributed by atoms with E-state index in [2.05, 4.69) is 27.5 Å². The van der Waals surface area contributed by atoms with Crippen LogP contribution in [-0.2, 0) is 6.54 Å². The summed E-state index contributed by atoms with van der Waals surface area (Å²) in [6.07, 6.45) is 9.70. The van der Waals surface area contributed by atoms with Gasteiger partial charge in [0.2, 0.25) is 0 Å². The summed E-state index contributed by atoms with van der Waals surface area (Å²) in [4.78, 5) is 8.79. The van der Waals surface area contributed by atoms with Gasteiger partial charge in [0.15, 0.2) is 5.96 Å². The number of nitrogens with one attached hydrogen (secondary N) is 2. The largest absolute Gasteiger partial charge is 0.357 e. The van der Waals surface area contributed by atoms with Crippen LogP contribution in [0.3, 0.4) is 0 Å². The Bertz CT molecular complexity index is 746. The van der Waals surface area contributed by atoms with Crippen molar-refractivity contribution in [3.05, 3.63) is 47.8 Å². The molecule has 0 amide bonds. The third-order valence-corrected chi connectivity index (χ3v) is 4.81. The van der Waals surface area contributed by atoms with Crippen molar-refractivity contribution in [3.63, 3.8) is 0 Å². The van der Waals surface area contributed by atoms with E-state index in [-0.39, 0.29) is 5.82 Å². The van der Waals surface area contributed by atoms with Crippen molar-refractivity contribution >= 4 is 5.96 Å². The number of halogens is 1. The smallest absolute Gasteiger partial charge is 0.191 e. The number of aliphatic imine (C=N–C) groups is 1. The van der Waals surface area contributed by atoms with E-state index in [1.807, 2.05) is 13.0 Å². The Kier molecular flexibility index (Phi) is 6.26. The quantitative estimate of drug-likeness (QED) is 0.634. The normalized spacial score (nSPS) is 15.9. The summed E-state index contributed by atoms with van der Waals surface area (Å²) in [5.41, 5.74) is 1.37. The molecular weight excluding hydrogens is 329 g/mol. The number of hydrogen-bond acceptors (Lipinski definition) is 2. The highest BCUT2D eigenvalue weighted by Gasteiger charge is 2.14. The van der Waals surface area contributed by atoms with Crippen LogP contribution in [0, 0.1) is 12.7 Å². The minimum Gasteiger partial charge on any atom is -0.357 e. The zero-order chi connectivity index (χ0) is 18.4. The summed E-state index contributed by atoms with van der Waals surface area (Å²) in [5, 5.41) is 6.80. The van der Waals surface area contributed by atoms with Crippen molar-refractivity contribution in [1.82, 2.24) is 20.2 Å². The Labute approximate surface area is 154 Å². The van der Waals surface area contributed by atoms with Gasteiger partial charge in [0.25, 0.3) is 0 Å². The topological polar surface area (TPSA) is 54.2 Å². The maximum atomic E-state index is 14.5. The van der Waals surface area contributed by atoms with Gasteiger partial charge in [-0.2, -0.15) is 0 Å². The van der Waals surface area contributed by atoms with Gasteiger partial charge in [-0.15, -0.1) is 0 Å². The summed E-state index contributed by atoms with van der Waals surface area (Å²) in [7, 11) is 0. The molecule has 1 heterocycles. The molecule has 0 saturated heterocycles. The van der Waals surface area contributed by atoms with Crippen LogP contribution in [0.2, 0.25) is 0 Å². The molecule has 26 heavy (non-hydrogen) atoms. The molecule has 1 aromatic carbocycles. The zero-order valence-electron chi connectivity index (χ0n) is 15.6. The first kappa shape index (κ1) is 18.4. The third kappa shape index (κ3) is 4.62. The highest BCUT2D eigenvalue weighted by Crippen LogP contribution is 2.18. The van der Waals surface area contributed by atoms with Crippen molar-refractivity contribution in [2.24, 2.45) is 4.99 Å². The van der Waals surface area contributed by atoms with Gasteiger partial charge in [-0.05, 0) is 44.4 Å². The van der Waals surface area contributed by atoms with Gasteiger partial charge >= 0.3 is 0 Å². The molecule has 6 heteroatoms. The van der Waals surface area contributed by atoms with Crippen molar-refractivity contribution in [2.45, 2.75) is 58.5 Å². The van der Waals surface area contributed by atoms with E-state index in [0.29, 0.717) is 18.3 Å². The molecule has 1 aromatic heterocycles. The van der Waals surface area contributed by atoms with E-state index in [0.717, 1.165) is 23.9 Å². The monoisotopic (exact) mass is 357 g/mol. The van der Waals surface area contributed by atoms with Gasteiger partial charge in [-0.25, -0.2) is 14.4 Å². The van der Waals surface area contributed by atoms with E-state index >= 15 is 0 Å². The molecule has 0 bridgehead atoms. The van der Waals surface area contributed by atoms with Crippen LogP contribution in [0.5, 0.6) is 0 Å². The van der Waals surface area contributed by atoms with Crippen LogP contribution in [0.4, 0.5) is 4.39 Å². The lowest BCUT2D eigenvalue weighted by Crippen LogP contribution is -2.44. The number of aromatic nitrogens is 2. The van der Waals surface area contributed by atoms with Crippen molar-refractivity contribution in [2.75, 3.05) is 6.54 Å². The lowest BCUT2D eigenvalue weighted by molar-refractivity contribution is 0.410. The van der Waals surface area contributed by atoms with E-state index in [9.17, 15) is 4.39 Å². The van der Waals surface area contributed by atoms with Gasteiger partial charge < -0.3 is 15.2 Å². The average Bonchev–Trinajstić information content (AvgIpc) is 3.06. The molecule has 0 atom stereocenters. The summed E-state index contributed by atoms with van der Waals surface area (Å²) in [5.74, 6) is 1.32. The van der Waals surface area contributed by atoms with E-state index < -0.39 is 0 Å². The Morgan fingerprint density at radius 2 is 2.12 bits per heavy atom. The van der Waals surface area contributed by atoms with Gasteiger partial charge in [0.05, 0.1) is 12.2 Å². The van der Waals surface area contributed by atoms with Gasteiger partial charge in [0.1, 0.15) is 11.6 Å². The van der Waals surface area contributed by atoms with Crippen LogP contribution < -0.4 is 10.6 Å². The summed E-state index contributed by atoms with van der Waals surface area (Å²) in [6.45, 7) is 5.17. The van der Waals surface area contributed by atoms with Gasteiger partial charge in [0, 0.05) is 25.0 Å². The Hall–Kier alpha value is -2.37. The molecule has 1 fully saturated rings. The maximum Gasteiger partial charge on any atom is 0.191 e. The zero-order valence-corrected chi connectivity index (χ0v) is 15.6. The molecule has 1 saturated carbocycles. The van der Waals surface area contributed by atoms with Crippen molar-refractivity contribution in [1.29, 1.82) is 0 Å². The highest BCUT2D eigenvalue weighted by atomic mass is 19.1. The summed E-state index contributed by atoms with van der Waals surface area (Å²) < 4.78 is 16.3. The first-order valence-corrected chi connectivity index (χ1v) is 9.51. The molecule has 2 N–H and O–H groups in total. The number of rotatable bonds is 5. The molecule has 1 aliphatic carbocycles. The Balaban J connectivity index is 1.69. The fourth-order valence-electron chi connectivity index (χ4n) is 3.41. The predicted molar refractivity (Wildman–Crippen MR) is 103 cm³/mol. The van der Waals surface area contributed by atoms with Crippen molar-refractivity contribution in [3.8, 4) is 5.69 Å². The number of nitrogens with zero attached hydrogens (tertiary/aromatic N) is 3. The molecule has 0 aliphatic heterocycles. The number of imidazole rings is 1. The minimum absolute atomic E-state index is 0.260. The highest BCUT2D eigenvalue weighted by molar-refractivity contribution is 5.80.